The quantitative estimate of drug-likeness (QED) is 0.348. The Kier molecular flexibility index (Phi) is 6.65. The van der Waals surface area contributed by atoms with Crippen molar-refractivity contribution in [3.63, 3.8) is 0 Å². The molecule has 3 rings (SSSR count). The summed E-state index contributed by atoms with van der Waals surface area (Å²) in [4.78, 5) is 11.7. The van der Waals surface area contributed by atoms with Crippen molar-refractivity contribution < 1.29 is 9.68 Å². The van der Waals surface area contributed by atoms with E-state index in [0.29, 0.717) is 0 Å². The van der Waals surface area contributed by atoms with Crippen LogP contribution in [-0.2, 0) is 0 Å². The van der Waals surface area contributed by atoms with Crippen LogP contribution in [0.4, 0.5) is 5.69 Å². The number of nitrogens with zero attached hydrogens (tertiary/aromatic N) is 2. The predicted molar refractivity (Wildman–Crippen MR) is 123 cm³/mol. The number of hydrogen-bond acceptors (Lipinski definition) is 5. The minimum Gasteiger partial charge on any atom is -0.407 e. The highest BCUT2D eigenvalue weighted by Crippen LogP contribution is 2.38. The molecule has 3 aromatic carbocycles. The molecule has 0 aromatic heterocycles. The summed E-state index contributed by atoms with van der Waals surface area (Å²) >= 11 is 0. The van der Waals surface area contributed by atoms with Gasteiger partial charge in [0.2, 0.25) is 0 Å². The lowest BCUT2D eigenvalue weighted by Gasteiger charge is -2.25. The van der Waals surface area contributed by atoms with Gasteiger partial charge < -0.3 is 15.4 Å². The van der Waals surface area contributed by atoms with Crippen molar-refractivity contribution in [3.05, 3.63) is 88.5 Å². The second-order valence-electron chi connectivity index (χ2n) is 7.94. The van der Waals surface area contributed by atoms with E-state index < -0.39 is 0 Å². The first-order valence-corrected chi connectivity index (χ1v) is 10.0. The van der Waals surface area contributed by atoms with Gasteiger partial charge in [0.1, 0.15) is 11.5 Å². The summed E-state index contributed by atoms with van der Waals surface area (Å²) < 4.78 is 0. The molecule has 5 nitrogen and oxygen atoms in total. The molecule has 0 spiro atoms. The van der Waals surface area contributed by atoms with Crippen LogP contribution in [0.3, 0.4) is 0 Å². The number of rotatable bonds is 7. The highest BCUT2D eigenvalue weighted by atomic mass is 16.7. The highest BCUT2D eigenvalue weighted by Gasteiger charge is 2.22. The van der Waals surface area contributed by atoms with Crippen LogP contribution in [0, 0.1) is 13.8 Å². The topological polar surface area (TPSA) is 51.0 Å². The van der Waals surface area contributed by atoms with Crippen LogP contribution in [-0.4, -0.2) is 38.3 Å². The van der Waals surface area contributed by atoms with E-state index in [1.807, 2.05) is 52.5 Å². The first-order valence-electron chi connectivity index (χ1n) is 10.0. The van der Waals surface area contributed by atoms with Gasteiger partial charge >= 0.3 is 0 Å². The molecule has 0 fully saturated rings. The average molecular weight is 406 g/mol. The van der Waals surface area contributed by atoms with Gasteiger partial charge in [0.25, 0.3) is 0 Å². The first kappa shape index (κ1) is 21.7. The summed E-state index contributed by atoms with van der Waals surface area (Å²) in [6.45, 7) is 4.27. The van der Waals surface area contributed by atoms with Gasteiger partial charge in [-0.1, -0.05) is 24.3 Å². The number of aryl methyl sites for hydroxylation is 2. The zero-order chi connectivity index (χ0) is 21.8. The smallest absolute Gasteiger partial charge is 0.147 e. The third-order valence-electron chi connectivity index (χ3n) is 4.97. The fourth-order valence-corrected chi connectivity index (χ4v) is 3.61. The normalized spacial score (nSPS) is 11.4. The molecular formula is C25H31N3O2. The lowest BCUT2D eigenvalue weighted by Crippen LogP contribution is -2.17. The van der Waals surface area contributed by atoms with Crippen molar-refractivity contribution in [1.29, 1.82) is 0 Å². The minimum atomic E-state index is 0.0158. The van der Waals surface area contributed by atoms with Gasteiger partial charge in [0.05, 0.1) is 0 Å². The summed E-state index contributed by atoms with van der Waals surface area (Å²) in [7, 11) is 7.51. The van der Waals surface area contributed by atoms with Crippen molar-refractivity contribution in [2.45, 2.75) is 19.8 Å². The second kappa shape index (κ2) is 9.20. The largest absolute Gasteiger partial charge is 0.407 e. The summed E-state index contributed by atoms with van der Waals surface area (Å²) in [5.41, 5.74) is 12.6. The zero-order valence-electron chi connectivity index (χ0n) is 18.6. The maximum Gasteiger partial charge on any atom is 0.147 e. The molecule has 0 aliphatic heterocycles. The van der Waals surface area contributed by atoms with Crippen molar-refractivity contribution in [3.8, 4) is 11.5 Å². The van der Waals surface area contributed by atoms with E-state index in [9.17, 15) is 0 Å². The Morgan fingerprint density at radius 2 is 1.10 bits per heavy atom. The lowest BCUT2D eigenvalue weighted by atomic mass is 9.81. The van der Waals surface area contributed by atoms with E-state index >= 15 is 0 Å². The molecule has 0 saturated heterocycles. The van der Waals surface area contributed by atoms with Crippen molar-refractivity contribution in [2.24, 2.45) is 0 Å². The molecule has 30 heavy (non-hydrogen) atoms. The molecule has 0 radical (unpaired) electrons. The first-order chi connectivity index (χ1) is 14.2. The molecule has 0 bridgehead atoms. The Morgan fingerprint density at radius 3 is 1.50 bits per heavy atom. The predicted octanol–water partition coefficient (Wildman–Crippen LogP) is 4.78. The van der Waals surface area contributed by atoms with Gasteiger partial charge in [-0.05, 0) is 78.1 Å². The van der Waals surface area contributed by atoms with Crippen LogP contribution in [0.15, 0.2) is 60.7 Å². The molecular weight excluding hydrogens is 374 g/mol. The molecule has 0 atom stereocenters. The highest BCUT2D eigenvalue weighted by molar-refractivity contribution is 5.53. The molecule has 0 heterocycles. The van der Waals surface area contributed by atoms with E-state index in [-0.39, 0.29) is 5.92 Å². The average Bonchev–Trinajstić information content (AvgIpc) is 2.67. The van der Waals surface area contributed by atoms with Crippen LogP contribution < -0.4 is 15.4 Å². The van der Waals surface area contributed by atoms with E-state index in [1.54, 1.807) is 10.1 Å². The number of benzene rings is 3. The van der Waals surface area contributed by atoms with Crippen LogP contribution in [0.5, 0.6) is 11.5 Å². The second-order valence-corrected chi connectivity index (χ2v) is 7.94. The zero-order valence-corrected chi connectivity index (χ0v) is 18.6. The summed E-state index contributed by atoms with van der Waals surface area (Å²) in [5.74, 6) is 1.63. The Hall–Kier alpha value is -3.02. The lowest BCUT2D eigenvalue weighted by molar-refractivity contribution is -0.00339. The van der Waals surface area contributed by atoms with Gasteiger partial charge in [-0.3, -0.25) is 0 Å². The van der Waals surface area contributed by atoms with E-state index in [0.717, 1.165) is 17.2 Å². The van der Waals surface area contributed by atoms with Gasteiger partial charge in [0.15, 0.2) is 0 Å². The molecule has 0 saturated carbocycles. The number of anilines is 1. The monoisotopic (exact) mass is 405 g/mol. The minimum absolute atomic E-state index is 0.0158. The number of hydrogen-bond donors (Lipinski definition) is 1. The summed E-state index contributed by atoms with van der Waals surface area (Å²) in [6.07, 6.45) is 0. The Bertz CT molecular complexity index is 938. The van der Waals surface area contributed by atoms with E-state index in [4.69, 9.17) is 15.4 Å². The van der Waals surface area contributed by atoms with Crippen LogP contribution >= 0.6 is 0 Å². The van der Waals surface area contributed by atoms with Crippen molar-refractivity contribution >= 4 is 5.69 Å². The number of nitrogen functional groups attached to an aromatic ring is 1. The standard InChI is InChI=1S/C25H31N3O2/c1-17-7-13-21(29-27(3)4)15-23(17)25(19-9-11-20(26)12-10-19)24-16-22(30-28(5)6)14-8-18(24)2/h7-16,25H,26H2,1-6H3. The Morgan fingerprint density at radius 1 is 0.667 bits per heavy atom. The van der Waals surface area contributed by atoms with E-state index in [1.165, 1.54) is 27.8 Å². The Labute approximate surface area is 179 Å². The van der Waals surface area contributed by atoms with Gasteiger partial charge in [-0.2, -0.15) is 10.1 Å². The fraction of sp³-hybridized carbons (Fsp3) is 0.280. The fourth-order valence-electron chi connectivity index (χ4n) is 3.61. The third kappa shape index (κ3) is 5.12. The SMILES string of the molecule is Cc1ccc(ON(C)C)cc1C(c1ccc(N)cc1)c1cc(ON(C)C)ccc1C. The molecule has 0 unspecified atom stereocenters. The van der Waals surface area contributed by atoms with Crippen LogP contribution in [0.1, 0.15) is 33.7 Å². The number of hydroxylamine groups is 4. The Balaban J connectivity index is 2.19. The molecule has 0 aliphatic rings. The molecule has 158 valence electrons. The van der Waals surface area contributed by atoms with Gasteiger partial charge in [0, 0.05) is 39.8 Å². The molecule has 2 N–H and O–H groups in total. The molecule has 0 aliphatic carbocycles. The maximum atomic E-state index is 5.97. The molecule has 3 aromatic rings. The maximum absolute atomic E-state index is 5.97. The van der Waals surface area contributed by atoms with Gasteiger partial charge in [-0.25, -0.2) is 0 Å². The van der Waals surface area contributed by atoms with Crippen molar-refractivity contribution in [1.82, 2.24) is 10.1 Å². The summed E-state index contributed by atoms with van der Waals surface area (Å²) in [6, 6.07) is 20.5. The van der Waals surface area contributed by atoms with E-state index in [2.05, 4.69) is 50.2 Å². The van der Waals surface area contributed by atoms with Crippen molar-refractivity contribution in [2.75, 3.05) is 33.9 Å². The van der Waals surface area contributed by atoms with Gasteiger partial charge in [-0.15, -0.1) is 0 Å². The van der Waals surface area contributed by atoms with Crippen LogP contribution in [0.2, 0.25) is 0 Å². The molecule has 0 amide bonds. The summed E-state index contributed by atoms with van der Waals surface area (Å²) in [5, 5.41) is 3.40. The third-order valence-corrected chi connectivity index (χ3v) is 4.97. The number of nitrogens with two attached hydrogens (primary N) is 1. The molecule has 5 heteroatoms. The van der Waals surface area contributed by atoms with Crippen LogP contribution in [0.25, 0.3) is 0 Å².